The van der Waals surface area contributed by atoms with E-state index in [4.69, 9.17) is 0 Å². The quantitative estimate of drug-likeness (QED) is 0.642. The van der Waals surface area contributed by atoms with Gasteiger partial charge in [0.1, 0.15) is 17.9 Å². The van der Waals surface area contributed by atoms with Gasteiger partial charge in [-0.25, -0.2) is 4.90 Å². The van der Waals surface area contributed by atoms with Crippen LogP contribution in [0, 0.1) is 25.7 Å². The van der Waals surface area contributed by atoms with E-state index in [0.717, 1.165) is 35.4 Å². The number of imide groups is 1. The van der Waals surface area contributed by atoms with Crippen LogP contribution in [0.2, 0.25) is 0 Å². The lowest BCUT2D eigenvalue weighted by Crippen LogP contribution is -3.16. The minimum Gasteiger partial charge on any atom is -0.322 e. The largest absolute Gasteiger partial charge is 0.322 e. The summed E-state index contributed by atoms with van der Waals surface area (Å²) in [4.78, 5) is 42.9. The zero-order chi connectivity index (χ0) is 20.3. The van der Waals surface area contributed by atoms with E-state index in [-0.39, 0.29) is 23.6 Å². The molecule has 0 saturated carbocycles. The number of Topliss-reactive ketones (excluding diaryl/α,β-unsaturated/α-hetero) is 1. The summed E-state index contributed by atoms with van der Waals surface area (Å²) in [5.74, 6) is -1.29. The zero-order valence-electron chi connectivity index (χ0n) is 16.7. The van der Waals surface area contributed by atoms with Gasteiger partial charge in [-0.05, 0) is 37.1 Å². The number of anilines is 1. The van der Waals surface area contributed by atoms with Crippen LogP contribution >= 0.6 is 0 Å². The first-order valence-electron chi connectivity index (χ1n) is 10.4. The molecular formula is C24H25N2O3+. The van der Waals surface area contributed by atoms with Gasteiger partial charge in [0.2, 0.25) is 17.6 Å². The molecule has 3 aliphatic heterocycles. The Morgan fingerprint density at radius 2 is 1.62 bits per heavy atom. The predicted octanol–water partition coefficient (Wildman–Crippen LogP) is 1.72. The van der Waals surface area contributed by atoms with Gasteiger partial charge in [-0.15, -0.1) is 0 Å². The van der Waals surface area contributed by atoms with Crippen molar-refractivity contribution in [1.82, 2.24) is 0 Å². The standard InChI is InChI=1S/C24H24N2O3/c1-14-11-15(2)13-17(12-14)26-23(28)19-18-9-6-10-25(18)21(20(19)24(26)29)22(27)16-7-4-3-5-8-16/h3-5,7-8,11-13,18-21H,6,9-10H2,1-2H3/p+1/t18-,19-,20-,21+/m1/s1. The third kappa shape index (κ3) is 2.68. The number of nitrogens with one attached hydrogen (secondary N) is 1. The number of fused-ring (bicyclic) bond motifs is 3. The van der Waals surface area contributed by atoms with Gasteiger partial charge < -0.3 is 4.90 Å². The number of hydrogen-bond acceptors (Lipinski definition) is 3. The lowest BCUT2D eigenvalue weighted by atomic mass is 9.85. The Kier molecular flexibility index (Phi) is 4.17. The summed E-state index contributed by atoms with van der Waals surface area (Å²) in [5, 5.41) is 0. The number of quaternary nitrogens is 1. The summed E-state index contributed by atoms with van der Waals surface area (Å²) in [6.07, 6.45) is 1.89. The lowest BCUT2D eigenvalue weighted by Gasteiger charge is -2.25. The van der Waals surface area contributed by atoms with Crippen LogP contribution in [0.15, 0.2) is 48.5 Å². The molecule has 5 rings (SSSR count). The molecule has 3 fully saturated rings. The van der Waals surface area contributed by atoms with Crippen LogP contribution in [0.4, 0.5) is 5.69 Å². The van der Waals surface area contributed by atoms with Crippen LogP contribution in [0.25, 0.3) is 0 Å². The van der Waals surface area contributed by atoms with E-state index >= 15 is 0 Å². The van der Waals surface area contributed by atoms with Crippen LogP contribution < -0.4 is 9.80 Å². The van der Waals surface area contributed by atoms with E-state index < -0.39 is 17.9 Å². The van der Waals surface area contributed by atoms with E-state index in [2.05, 4.69) is 0 Å². The summed E-state index contributed by atoms with van der Waals surface area (Å²) >= 11 is 0. The molecule has 0 aromatic heterocycles. The first-order chi connectivity index (χ1) is 14.0. The number of rotatable bonds is 3. The van der Waals surface area contributed by atoms with Crippen LogP contribution in [-0.4, -0.2) is 36.2 Å². The SMILES string of the molecule is Cc1cc(C)cc(N2C(=O)[C@@H]3[C@H](C2=O)[C@H]2CCC[NH+]2[C@@H]3C(=O)c2ccccc2)c1. The normalized spacial score (nSPS) is 30.6. The zero-order valence-corrected chi connectivity index (χ0v) is 16.7. The summed E-state index contributed by atoms with van der Waals surface area (Å²) in [5.41, 5.74) is 3.30. The summed E-state index contributed by atoms with van der Waals surface area (Å²) in [7, 11) is 0. The molecule has 1 unspecified atom stereocenters. The van der Waals surface area contributed by atoms with Gasteiger partial charge in [-0.1, -0.05) is 36.4 Å². The Morgan fingerprint density at radius 1 is 0.966 bits per heavy atom. The molecule has 2 aromatic rings. The number of nitrogens with zero attached hydrogens (tertiary/aromatic N) is 1. The van der Waals surface area contributed by atoms with E-state index in [1.54, 1.807) is 0 Å². The summed E-state index contributed by atoms with van der Waals surface area (Å²) in [6, 6.07) is 14.6. The molecule has 5 nitrogen and oxygen atoms in total. The van der Waals surface area contributed by atoms with E-state index in [1.165, 1.54) is 4.90 Å². The number of carbonyl (C=O) groups is 3. The molecule has 1 N–H and O–H groups in total. The van der Waals surface area contributed by atoms with Gasteiger partial charge in [-0.3, -0.25) is 14.4 Å². The van der Waals surface area contributed by atoms with Crippen molar-refractivity contribution >= 4 is 23.3 Å². The average Bonchev–Trinajstić information content (AvgIpc) is 3.33. The fraction of sp³-hybridized carbons (Fsp3) is 0.375. The van der Waals surface area contributed by atoms with Crippen molar-refractivity contribution in [2.75, 3.05) is 11.4 Å². The maximum absolute atomic E-state index is 13.5. The van der Waals surface area contributed by atoms with Crippen molar-refractivity contribution in [3.8, 4) is 0 Å². The topological polar surface area (TPSA) is 58.9 Å². The molecule has 0 spiro atoms. The van der Waals surface area contributed by atoms with Crippen LogP contribution in [0.5, 0.6) is 0 Å². The Morgan fingerprint density at radius 3 is 2.31 bits per heavy atom. The molecule has 2 aromatic carbocycles. The van der Waals surface area contributed by atoms with Gasteiger partial charge in [0.15, 0.2) is 6.04 Å². The van der Waals surface area contributed by atoms with E-state index in [0.29, 0.717) is 11.3 Å². The van der Waals surface area contributed by atoms with Crippen LogP contribution in [-0.2, 0) is 9.59 Å². The van der Waals surface area contributed by atoms with Crippen molar-refractivity contribution in [3.05, 3.63) is 65.2 Å². The van der Waals surface area contributed by atoms with Crippen LogP contribution in [0.3, 0.4) is 0 Å². The Hall–Kier alpha value is -2.79. The predicted molar refractivity (Wildman–Crippen MR) is 109 cm³/mol. The molecule has 29 heavy (non-hydrogen) atoms. The molecule has 3 saturated heterocycles. The van der Waals surface area contributed by atoms with Crippen molar-refractivity contribution < 1.29 is 19.3 Å². The molecule has 2 amide bonds. The molecule has 0 bridgehead atoms. The van der Waals surface area contributed by atoms with Gasteiger partial charge >= 0.3 is 0 Å². The third-order valence-electron chi connectivity index (χ3n) is 6.85. The van der Waals surface area contributed by atoms with Crippen LogP contribution in [0.1, 0.15) is 34.3 Å². The van der Waals surface area contributed by atoms with E-state index in [1.807, 2.05) is 62.4 Å². The molecule has 3 heterocycles. The third-order valence-corrected chi connectivity index (χ3v) is 6.85. The smallest absolute Gasteiger partial charge is 0.244 e. The highest BCUT2D eigenvalue weighted by Gasteiger charge is 2.68. The van der Waals surface area contributed by atoms with E-state index in [9.17, 15) is 14.4 Å². The fourth-order valence-corrected chi connectivity index (χ4v) is 5.86. The molecule has 0 aliphatic carbocycles. The average molecular weight is 389 g/mol. The Bertz CT molecular complexity index is 996. The molecule has 5 heteroatoms. The number of amides is 2. The van der Waals surface area contributed by atoms with Crippen molar-refractivity contribution in [2.24, 2.45) is 11.8 Å². The highest BCUT2D eigenvalue weighted by molar-refractivity contribution is 6.24. The number of hydrogen-bond donors (Lipinski definition) is 1. The van der Waals surface area contributed by atoms with Crippen molar-refractivity contribution in [3.63, 3.8) is 0 Å². The molecule has 0 radical (unpaired) electrons. The molecule has 148 valence electrons. The molecule has 3 aliphatic rings. The second kappa shape index (κ2) is 6.63. The second-order valence-electron chi connectivity index (χ2n) is 8.69. The number of benzene rings is 2. The van der Waals surface area contributed by atoms with Gasteiger partial charge in [0.05, 0.1) is 12.2 Å². The van der Waals surface area contributed by atoms with Gasteiger partial charge in [0, 0.05) is 18.4 Å². The van der Waals surface area contributed by atoms with Gasteiger partial charge in [-0.2, -0.15) is 0 Å². The van der Waals surface area contributed by atoms with Crippen molar-refractivity contribution in [2.45, 2.75) is 38.8 Å². The van der Waals surface area contributed by atoms with Crippen molar-refractivity contribution in [1.29, 1.82) is 0 Å². The highest BCUT2D eigenvalue weighted by atomic mass is 16.2. The minimum absolute atomic E-state index is 0.0107. The minimum atomic E-state index is -0.559. The lowest BCUT2D eigenvalue weighted by molar-refractivity contribution is -0.915. The maximum atomic E-state index is 13.5. The number of aryl methyl sites for hydroxylation is 2. The van der Waals surface area contributed by atoms with Gasteiger partial charge in [0.25, 0.3) is 0 Å². The summed E-state index contributed by atoms with van der Waals surface area (Å²) in [6.45, 7) is 4.78. The fourth-order valence-electron chi connectivity index (χ4n) is 5.86. The Labute approximate surface area is 170 Å². The number of carbonyl (C=O) groups excluding carboxylic acids is 3. The Balaban J connectivity index is 1.57. The molecular weight excluding hydrogens is 364 g/mol. The monoisotopic (exact) mass is 389 g/mol. The first-order valence-corrected chi connectivity index (χ1v) is 10.4. The summed E-state index contributed by atoms with van der Waals surface area (Å²) < 4.78 is 0. The first kappa shape index (κ1) is 18.3. The molecule has 5 atom stereocenters. The second-order valence-corrected chi connectivity index (χ2v) is 8.69. The highest BCUT2D eigenvalue weighted by Crippen LogP contribution is 2.40. The maximum Gasteiger partial charge on any atom is 0.244 e. The number of ketones is 1.